The summed E-state index contributed by atoms with van der Waals surface area (Å²) in [6.45, 7) is 0.996. The molecule has 1 aliphatic carbocycles. The maximum atomic E-state index is 13.5. The lowest BCUT2D eigenvalue weighted by atomic mass is 9.96. The summed E-state index contributed by atoms with van der Waals surface area (Å²) in [5.41, 5.74) is -3.26. The van der Waals surface area contributed by atoms with Crippen LogP contribution in [0.2, 0.25) is 0 Å². The first-order valence-corrected chi connectivity index (χ1v) is 7.77. The number of imidazole rings is 1. The van der Waals surface area contributed by atoms with Crippen molar-refractivity contribution in [2.24, 2.45) is 18.9 Å². The summed E-state index contributed by atoms with van der Waals surface area (Å²) in [5, 5.41) is 10.3. The Morgan fingerprint density at radius 1 is 1.35 bits per heavy atom. The number of carbonyl (C=O) groups is 1. The first-order chi connectivity index (χ1) is 10.7. The molecular weight excluding hydrogens is 311 g/mol. The van der Waals surface area contributed by atoms with Gasteiger partial charge in [0, 0.05) is 32.5 Å². The number of carbonyl (C=O) groups excluding carboxylic acids is 1. The average Bonchev–Trinajstić information content (AvgIpc) is 3.11. The Morgan fingerprint density at radius 2 is 1.96 bits per heavy atom. The Morgan fingerprint density at radius 3 is 2.43 bits per heavy atom. The van der Waals surface area contributed by atoms with Gasteiger partial charge in [-0.3, -0.25) is 4.79 Å². The summed E-state index contributed by atoms with van der Waals surface area (Å²) in [5.74, 6) is -0.433. The van der Waals surface area contributed by atoms with Crippen molar-refractivity contribution in [3.63, 3.8) is 0 Å². The van der Waals surface area contributed by atoms with Gasteiger partial charge in [-0.05, 0) is 24.7 Å². The van der Waals surface area contributed by atoms with Crippen LogP contribution in [-0.4, -0.2) is 44.7 Å². The van der Waals surface area contributed by atoms with Crippen molar-refractivity contribution in [1.29, 1.82) is 0 Å². The Labute approximate surface area is 132 Å². The Kier molecular flexibility index (Phi) is 3.90. The summed E-state index contributed by atoms with van der Waals surface area (Å²) < 4.78 is 41.5. The number of aryl methyl sites for hydroxylation is 1. The summed E-state index contributed by atoms with van der Waals surface area (Å²) in [4.78, 5) is 17.5. The highest BCUT2D eigenvalue weighted by molar-refractivity contribution is 5.78. The number of fused-ring (bicyclic) bond motifs is 1. The molecule has 0 aromatic carbocycles. The van der Waals surface area contributed by atoms with Crippen LogP contribution in [0.1, 0.15) is 31.5 Å². The van der Waals surface area contributed by atoms with Crippen molar-refractivity contribution < 1.29 is 23.1 Å². The van der Waals surface area contributed by atoms with Crippen molar-refractivity contribution in [3.8, 4) is 0 Å². The molecule has 1 saturated heterocycles. The minimum absolute atomic E-state index is 0.395. The number of amides is 1. The van der Waals surface area contributed by atoms with Crippen LogP contribution in [0, 0.1) is 11.8 Å². The van der Waals surface area contributed by atoms with Crippen molar-refractivity contribution >= 4 is 5.91 Å². The molecule has 1 saturated carbocycles. The number of aromatic nitrogens is 2. The molecule has 3 unspecified atom stereocenters. The molecule has 0 bridgehead atoms. The number of rotatable bonds is 3. The Hall–Kier alpha value is -1.57. The fourth-order valence-electron chi connectivity index (χ4n) is 3.84. The third-order valence-electron chi connectivity index (χ3n) is 5.15. The van der Waals surface area contributed by atoms with Gasteiger partial charge in [0.1, 0.15) is 0 Å². The summed E-state index contributed by atoms with van der Waals surface area (Å²) in [7, 11) is 1.36. The van der Waals surface area contributed by atoms with Gasteiger partial charge in [0.15, 0.2) is 5.82 Å². The van der Waals surface area contributed by atoms with Gasteiger partial charge in [-0.1, -0.05) is 6.42 Å². The maximum Gasteiger partial charge on any atom is 0.425 e. The van der Waals surface area contributed by atoms with E-state index in [4.69, 9.17) is 0 Å². The van der Waals surface area contributed by atoms with Crippen LogP contribution >= 0.6 is 0 Å². The predicted molar refractivity (Wildman–Crippen MR) is 75.2 cm³/mol. The molecule has 1 aromatic rings. The van der Waals surface area contributed by atoms with E-state index in [1.807, 2.05) is 0 Å². The molecule has 2 aliphatic rings. The molecule has 3 atom stereocenters. The van der Waals surface area contributed by atoms with E-state index in [2.05, 4.69) is 4.98 Å². The summed E-state index contributed by atoms with van der Waals surface area (Å²) >= 11 is 0. The second kappa shape index (κ2) is 5.51. The van der Waals surface area contributed by atoms with E-state index < -0.39 is 29.9 Å². The highest BCUT2D eigenvalue weighted by atomic mass is 19.4. The number of aliphatic hydroxyl groups is 1. The van der Waals surface area contributed by atoms with E-state index >= 15 is 0 Å². The van der Waals surface area contributed by atoms with E-state index in [0.717, 1.165) is 23.8 Å². The zero-order chi connectivity index (χ0) is 16.8. The molecular formula is C15H20F3N3O2. The molecule has 1 aliphatic heterocycles. The molecule has 5 nitrogen and oxygen atoms in total. The third-order valence-corrected chi connectivity index (χ3v) is 5.15. The van der Waals surface area contributed by atoms with Crippen molar-refractivity contribution in [3.05, 3.63) is 18.2 Å². The lowest BCUT2D eigenvalue weighted by Gasteiger charge is -2.31. The number of likely N-dealkylation sites (tertiary alicyclic amines) is 1. The Balaban J connectivity index is 1.80. The second-order valence-corrected chi connectivity index (χ2v) is 6.65. The molecule has 1 N–H and O–H groups in total. The zero-order valence-electron chi connectivity index (χ0n) is 12.9. The van der Waals surface area contributed by atoms with Gasteiger partial charge in [0.2, 0.25) is 11.5 Å². The van der Waals surface area contributed by atoms with Crippen molar-refractivity contribution in [1.82, 2.24) is 14.5 Å². The largest absolute Gasteiger partial charge is 0.425 e. The van der Waals surface area contributed by atoms with Gasteiger partial charge in [0.25, 0.3) is 0 Å². The van der Waals surface area contributed by atoms with E-state index in [-0.39, 0.29) is 0 Å². The SMILES string of the molecule is Cn1ccnc1C(O)(CC(=O)N1CC2CCCC2C1)C(F)(F)F. The van der Waals surface area contributed by atoms with Gasteiger partial charge in [0.05, 0.1) is 6.42 Å². The maximum absolute atomic E-state index is 13.5. The first-order valence-electron chi connectivity index (χ1n) is 7.77. The molecule has 1 amide bonds. The summed E-state index contributed by atoms with van der Waals surface area (Å²) in [6.07, 6.45) is -0.336. The number of hydrogen-bond acceptors (Lipinski definition) is 3. The van der Waals surface area contributed by atoms with Gasteiger partial charge in [-0.15, -0.1) is 0 Å². The molecule has 0 radical (unpaired) electrons. The van der Waals surface area contributed by atoms with Gasteiger partial charge < -0.3 is 14.6 Å². The van der Waals surface area contributed by atoms with Crippen molar-refractivity contribution in [2.45, 2.75) is 37.5 Å². The Bertz CT molecular complexity index is 589. The average molecular weight is 331 g/mol. The second-order valence-electron chi connectivity index (χ2n) is 6.65. The van der Waals surface area contributed by atoms with Crippen LogP contribution in [0.3, 0.4) is 0 Å². The summed E-state index contributed by atoms with van der Waals surface area (Å²) in [6, 6.07) is 0. The smallest absolute Gasteiger partial charge is 0.374 e. The lowest BCUT2D eigenvalue weighted by molar-refractivity contribution is -0.271. The topological polar surface area (TPSA) is 58.4 Å². The quantitative estimate of drug-likeness (QED) is 0.919. The van der Waals surface area contributed by atoms with Gasteiger partial charge in [-0.25, -0.2) is 4.98 Å². The van der Waals surface area contributed by atoms with Crippen LogP contribution in [0.25, 0.3) is 0 Å². The van der Waals surface area contributed by atoms with Crippen molar-refractivity contribution in [2.75, 3.05) is 13.1 Å². The van der Waals surface area contributed by atoms with Crippen LogP contribution in [0.4, 0.5) is 13.2 Å². The number of hydrogen-bond donors (Lipinski definition) is 1. The van der Waals surface area contributed by atoms with E-state index in [0.29, 0.717) is 24.9 Å². The van der Waals surface area contributed by atoms with Crippen LogP contribution in [-0.2, 0) is 17.4 Å². The minimum atomic E-state index is -4.97. The normalized spacial score (nSPS) is 27.1. The van der Waals surface area contributed by atoms with Crippen LogP contribution < -0.4 is 0 Å². The lowest BCUT2D eigenvalue weighted by Crippen LogP contribution is -2.48. The van der Waals surface area contributed by atoms with E-state index in [1.165, 1.54) is 24.3 Å². The molecule has 0 spiro atoms. The highest BCUT2D eigenvalue weighted by Crippen LogP contribution is 2.43. The number of nitrogens with zero attached hydrogens (tertiary/aromatic N) is 3. The minimum Gasteiger partial charge on any atom is -0.374 e. The van der Waals surface area contributed by atoms with Gasteiger partial charge in [-0.2, -0.15) is 13.2 Å². The van der Waals surface area contributed by atoms with Crippen LogP contribution in [0.15, 0.2) is 12.4 Å². The molecule has 8 heteroatoms. The standard InChI is InChI=1S/C15H20F3N3O2/c1-20-6-5-19-13(20)14(23,15(16,17)18)7-12(22)21-8-10-3-2-4-11(10)9-21/h5-6,10-11,23H,2-4,7-9H2,1H3. The van der Waals surface area contributed by atoms with Crippen LogP contribution in [0.5, 0.6) is 0 Å². The van der Waals surface area contributed by atoms with Gasteiger partial charge >= 0.3 is 6.18 Å². The molecule has 3 rings (SSSR count). The fourth-order valence-corrected chi connectivity index (χ4v) is 3.84. The molecule has 23 heavy (non-hydrogen) atoms. The number of halogens is 3. The zero-order valence-corrected chi connectivity index (χ0v) is 12.9. The monoisotopic (exact) mass is 331 g/mol. The molecule has 2 heterocycles. The van der Waals surface area contributed by atoms with E-state index in [1.54, 1.807) is 0 Å². The first kappa shape index (κ1) is 16.3. The third kappa shape index (κ3) is 2.73. The predicted octanol–water partition coefficient (Wildman–Crippen LogP) is 1.82. The highest BCUT2D eigenvalue weighted by Gasteiger charge is 2.59. The molecule has 1 aromatic heterocycles. The molecule has 128 valence electrons. The molecule has 2 fully saturated rings. The van der Waals surface area contributed by atoms with E-state index in [9.17, 15) is 23.1 Å². The fraction of sp³-hybridized carbons (Fsp3) is 0.733. The number of alkyl halides is 3.